The Morgan fingerprint density at radius 3 is 2.50 bits per heavy atom. The zero-order valence-corrected chi connectivity index (χ0v) is 19.8. The molecule has 2 fully saturated rings. The summed E-state index contributed by atoms with van der Waals surface area (Å²) in [7, 11) is 0. The number of pyridine rings is 1. The van der Waals surface area contributed by atoms with Crippen molar-refractivity contribution in [2.75, 3.05) is 24.5 Å². The van der Waals surface area contributed by atoms with Gasteiger partial charge in [0.25, 0.3) is 5.91 Å². The zero-order valence-electron chi connectivity index (χ0n) is 18.3. The van der Waals surface area contributed by atoms with Crippen molar-refractivity contribution < 1.29 is 9.59 Å². The summed E-state index contributed by atoms with van der Waals surface area (Å²) in [6, 6.07) is 18.3. The molecular formula is C26H22Cl2N4O2. The van der Waals surface area contributed by atoms with Crippen LogP contribution in [0.4, 0.5) is 16.3 Å². The number of hydrogen-bond acceptors (Lipinski definition) is 3. The number of amides is 3. The van der Waals surface area contributed by atoms with E-state index in [1.807, 2.05) is 41.3 Å². The predicted octanol–water partition coefficient (Wildman–Crippen LogP) is 5.40. The van der Waals surface area contributed by atoms with E-state index in [-0.39, 0.29) is 17.4 Å². The highest BCUT2D eigenvalue weighted by molar-refractivity contribution is 6.30. The summed E-state index contributed by atoms with van der Waals surface area (Å²) in [5.41, 5.74) is 2.77. The molecule has 6 nitrogen and oxygen atoms in total. The lowest BCUT2D eigenvalue weighted by atomic mass is 9.94. The second-order valence-electron chi connectivity index (χ2n) is 8.60. The van der Waals surface area contributed by atoms with Crippen LogP contribution in [0.1, 0.15) is 34.3 Å². The fourth-order valence-electron chi connectivity index (χ4n) is 4.40. The molecule has 1 saturated heterocycles. The third-order valence-corrected chi connectivity index (χ3v) is 6.85. The highest BCUT2D eigenvalue weighted by Crippen LogP contribution is 2.49. The molecule has 2 aliphatic rings. The van der Waals surface area contributed by atoms with Crippen LogP contribution in [0.3, 0.4) is 0 Å². The van der Waals surface area contributed by atoms with E-state index in [1.54, 1.807) is 24.3 Å². The monoisotopic (exact) mass is 492 g/mol. The van der Waals surface area contributed by atoms with E-state index in [1.165, 1.54) is 11.1 Å². The molecule has 0 bridgehead atoms. The Labute approximate surface area is 208 Å². The predicted molar refractivity (Wildman–Crippen MR) is 133 cm³/mol. The van der Waals surface area contributed by atoms with Gasteiger partial charge in [-0.2, -0.15) is 0 Å². The summed E-state index contributed by atoms with van der Waals surface area (Å²) in [6.45, 7) is 2.12. The Morgan fingerprint density at radius 2 is 1.88 bits per heavy atom. The number of aromatic nitrogens is 1. The van der Waals surface area contributed by atoms with E-state index >= 15 is 0 Å². The summed E-state index contributed by atoms with van der Waals surface area (Å²) in [4.78, 5) is 33.5. The van der Waals surface area contributed by atoms with Gasteiger partial charge in [-0.1, -0.05) is 41.9 Å². The van der Waals surface area contributed by atoms with Gasteiger partial charge in [-0.05, 0) is 48.7 Å². The lowest BCUT2D eigenvalue weighted by molar-refractivity contribution is 0.0998. The van der Waals surface area contributed by atoms with Gasteiger partial charge in [0.1, 0.15) is 11.7 Å². The molecule has 0 spiro atoms. The molecular weight excluding hydrogens is 471 g/mol. The number of carbonyl (C=O) groups excluding carboxylic acids is 2. The molecule has 34 heavy (non-hydrogen) atoms. The van der Waals surface area contributed by atoms with Gasteiger partial charge < -0.3 is 10.2 Å². The lowest BCUT2D eigenvalue weighted by Gasteiger charge is -2.25. The summed E-state index contributed by atoms with van der Waals surface area (Å²) in [6.07, 6.45) is 3.56. The highest BCUT2D eigenvalue weighted by Gasteiger charge is 2.46. The number of halogens is 2. The van der Waals surface area contributed by atoms with Crippen molar-refractivity contribution in [2.24, 2.45) is 0 Å². The van der Waals surface area contributed by atoms with Gasteiger partial charge in [-0.25, -0.2) is 9.78 Å². The molecule has 3 aromatic rings. The largest absolute Gasteiger partial charge is 0.336 e. The van der Waals surface area contributed by atoms with Gasteiger partial charge in [-0.15, -0.1) is 11.6 Å². The van der Waals surface area contributed by atoms with Gasteiger partial charge in [0, 0.05) is 42.4 Å². The molecule has 1 N–H and O–H groups in total. The first-order valence-electron chi connectivity index (χ1n) is 11.1. The van der Waals surface area contributed by atoms with Gasteiger partial charge >= 0.3 is 6.03 Å². The second kappa shape index (κ2) is 9.28. The molecule has 0 atom stereocenters. The van der Waals surface area contributed by atoms with Crippen LogP contribution in [0.2, 0.25) is 5.02 Å². The number of hydrogen-bond donors (Lipinski definition) is 1. The molecule has 2 aromatic carbocycles. The maximum absolute atomic E-state index is 13.7. The van der Waals surface area contributed by atoms with Crippen molar-refractivity contribution in [3.63, 3.8) is 0 Å². The van der Waals surface area contributed by atoms with E-state index in [4.69, 9.17) is 23.2 Å². The Bertz CT molecular complexity index is 1210. The number of carbonyl (C=O) groups is 2. The van der Waals surface area contributed by atoms with Gasteiger partial charge in [-0.3, -0.25) is 9.69 Å². The Hall–Kier alpha value is -3.09. The first kappa shape index (κ1) is 22.7. The molecule has 0 unspecified atom stereocenters. The molecule has 5 rings (SSSR count). The van der Waals surface area contributed by atoms with E-state index < -0.39 is 0 Å². The molecule has 3 amide bonds. The lowest BCUT2D eigenvalue weighted by Crippen LogP contribution is -2.35. The van der Waals surface area contributed by atoms with Crippen molar-refractivity contribution in [1.82, 2.24) is 15.2 Å². The third-order valence-electron chi connectivity index (χ3n) is 6.43. The SMILES string of the molecule is O=C1NCCN1CC1(c2ccc(C(=O)N(c3ccc(Cl)cn3)c3ccccc3[C]Cl)cc2)CC1. The average Bonchev–Trinajstić information content (AvgIpc) is 3.55. The maximum atomic E-state index is 13.7. The van der Waals surface area contributed by atoms with Crippen LogP contribution in [0.5, 0.6) is 0 Å². The zero-order chi connectivity index (χ0) is 23.7. The number of nitrogens with zero attached hydrogens (tertiary/aromatic N) is 3. The van der Waals surface area contributed by atoms with E-state index in [0.29, 0.717) is 40.7 Å². The summed E-state index contributed by atoms with van der Waals surface area (Å²) in [5.74, 6) is 2.81. The highest BCUT2D eigenvalue weighted by atomic mass is 35.5. The third kappa shape index (κ3) is 4.36. The van der Waals surface area contributed by atoms with Gasteiger partial charge in [0.05, 0.1) is 10.7 Å². The second-order valence-corrected chi connectivity index (χ2v) is 9.22. The van der Waals surface area contributed by atoms with Crippen molar-refractivity contribution >= 4 is 46.6 Å². The minimum absolute atomic E-state index is 0.00394. The van der Waals surface area contributed by atoms with Crippen LogP contribution < -0.4 is 10.2 Å². The fraction of sp³-hybridized carbons (Fsp3) is 0.231. The Kier molecular flexibility index (Phi) is 6.19. The Morgan fingerprint density at radius 1 is 1.12 bits per heavy atom. The molecule has 1 aliphatic heterocycles. The number of anilines is 2. The average molecular weight is 493 g/mol. The van der Waals surface area contributed by atoms with Crippen LogP contribution in [-0.4, -0.2) is 41.5 Å². The van der Waals surface area contributed by atoms with E-state index in [0.717, 1.165) is 24.9 Å². The van der Waals surface area contributed by atoms with Crippen molar-refractivity contribution in [3.8, 4) is 0 Å². The smallest absolute Gasteiger partial charge is 0.317 e. The van der Waals surface area contributed by atoms with Crippen LogP contribution in [0, 0.1) is 5.88 Å². The number of nitrogens with one attached hydrogen (secondary N) is 1. The number of para-hydroxylation sites is 1. The fourth-order valence-corrected chi connectivity index (χ4v) is 4.67. The molecule has 1 aliphatic carbocycles. The minimum Gasteiger partial charge on any atom is -0.336 e. The number of rotatable bonds is 7. The summed E-state index contributed by atoms with van der Waals surface area (Å²) < 4.78 is 0. The molecule has 172 valence electrons. The van der Waals surface area contributed by atoms with Crippen LogP contribution in [0.25, 0.3) is 0 Å². The van der Waals surface area contributed by atoms with E-state index in [2.05, 4.69) is 16.2 Å². The van der Waals surface area contributed by atoms with Crippen molar-refractivity contribution in [1.29, 1.82) is 0 Å². The summed E-state index contributed by atoms with van der Waals surface area (Å²) in [5, 5.41) is 3.34. The topological polar surface area (TPSA) is 65.5 Å². The summed E-state index contributed by atoms with van der Waals surface area (Å²) >= 11 is 12.0. The first-order valence-corrected chi connectivity index (χ1v) is 11.8. The number of urea groups is 1. The standard InChI is InChI=1S/C26H22Cl2N4O2/c27-15-19-3-1-2-4-22(19)32(23-10-9-21(28)16-30-23)24(33)18-5-7-20(8-6-18)26(11-12-26)17-31-14-13-29-25(31)34/h1-10,16H,11-14,17H2,(H,29,34). The van der Waals surface area contributed by atoms with E-state index in [9.17, 15) is 9.59 Å². The molecule has 2 heterocycles. The molecule has 1 aromatic heterocycles. The Balaban J connectivity index is 1.45. The minimum atomic E-state index is -0.246. The van der Waals surface area contributed by atoms with Gasteiger partial charge in [0.2, 0.25) is 0 Å². The maximum Gasteiger partial charge on any atom is 0.317 e. The van der Waals surface area contributed by atoms with Crippen LogP contribution in [0.15, 0.2) is 66.9 Å². The quantitative estimate of drug-likeness (QED) is 0.480. The molecule has 1 saturated carbocycles. The van der Waals surface area contributed by atoms with Crippen LogP contribution in [-0.2, 0) is 5.41 Å². The van der Waals surface area contributed by atoms with Crippen LogP contribution >= 0.6 is 23.2 Å². The number of benzene rings is 2. The normalized spacial score (nSPS) is 16.3. The first-order chi connectivity index (χ1) is 16.5. The van der Waals surface area contributed by atoms with Crippen molar-refractivity contribution in [3.05, 3.63) is 94.5 Å². The van der Waals surface area contributed by atoms with Gasteiger partial charge in [0.15, 0.2) is 0 Å². The molecule has 2 radical (unpaired) electrons. The van der Waals surface area contributed by atoms with Crippen molar-refractivity contribution in [2.45, 2.75) is 18.3 Å². The molecule has 8 heteroatoms.